The molecule has 0 radical (unpaired) electrons. The monoisotopic (exact) mass is 243 g/mol. The number of aliphatic hydroxyl groups is 1. The van der Waals surface area contributed by atoms with Gasteiger partial charge >= 0.3 is 6.18 Å². The molecule has 2 rings (SSSR count). The van der Waals surface area contributed by atoms with E-state index in [9.17, 15) is 18.3 Å². The predicted octanol–water partition coefficient (Wildman–Crippen LogP) is 3.08. The van der Waals surface area contributed by atoms with Gasteiger partial charge in [-0.3, -0.25) is 0 Å². The molecule has 1 aromatic carbocycles. The highest BCUT2D eigenvalue weighted by Gasteiger charge is 2.41. The lowest BCUT2D eigenvalue weighted by Gasteiger charge is -2.15. The minimum Gasteiger partial charge on any atom is -0.379 e. The molecule has 92 valence electrons. The first kappa shape index (κ1) is 12.0. The molecule has 1 atom stereocenters. The van der Waals surface area contributed by atoms with Crippen molar-refractivity contribution >= 4 is 10.9 Å². The van der Waals surface area contributed by atoms with Gasteiger partial charge in [0, 0.05) is 29.2 Å². The molecule has 0 unspecified atom stereocenters. The van der Waals surface area contributed by atoms with Crippen LogP contribution in [0.3, 0.4) is 0 Å². The second kappa shape index (κ2) is 3.77. The zero-order valence-electron chi connectivity index (χ0n) is 9.42. The summed E-state index contributed by atoms with van der Waals surface area (Å²) >= 11 is 0. The summed E-state index contributed by atoms with van der Waals surface area (Å²) in [6, 6.07) is 6.74. The predicted molar refractivity (Wildman–Crippen MR) is 58.7 cm³/mol. The van der Waals surface area contributed by atoms with E-state index in [1.54, 1.807) is 42.8 Å². The Labute approximate surface area is 96.3 Å². The Morgan fingerprint density at radius 2 is 1.82 bits per heavy atom. The fourth-order valence-corrected chi connectivity index (χ4v) is 2.06. The van der Waals surface area contributed by atoms with E-state index < -0.39 is 12.3 Å². The molecular weight excluding hydrogens is 231 g/mol. The summed E-state index contributed by atoms with van der Waals surface area (Å²) in [6.07, 6.45) is -7.08. The van der Waals surface area contributed by atoms with Crippen molar-refractivity contribution in [3.8, 4) is 0 Å². The highest BCUT2D eigenvalue weighted by Crippen LogP contribution is 2.38. The van der Waals surface area contributed by atoms with E-state index in [4.69, 9.17) is 0 Å². The van der Waals surface area contributed by atoms with Crippen molar-refractivity contribution in [2.45, 2.75) is 19.2 Å². The van der Waals surface area contributed by atoms with Crippen molar-refractivity contribution < 1.29 is 18.3 Å². The topological polar surface area (TPSA) is 25.2 Å². The van der Waals surface area contributed by atoms with Crippen LogP contribution in [0, 0.1) is 6.92 Å². The number of para-hydroxylation sites is 1. The minimum absolute atomic E-state index is 0.0596. The third-order valence-electron chi connectivity index (χ3n) is 3.03. The number of rotatable bonds is 1. The molecule has 0 saturated carbocycles. The number of alkyl halides is 3. The summed E-state index contributed by atoms with van der Waals surface area (Å²) in [5.74, 6) is 0. The number of halogens is 3. The molecule has 0 aliphatic rings. The number of aryl methyl sites for hydroxylation is 1. The highest BCUT2D eigenvalue weighted by atomic mass is 19.4. The van der Waals surface area contributed by atoms with Gasteiger partial charge in [-0.05, 0) is 13.0 Å². The first-order valence-electron chi connectivity index (χ1n) is 5.12. The average molecular weight is 243 g/mol. The lowest BCUT2D eigenvalue weighted by Crippen LogP contribution is -2.20. The number of aromatic nitrogens is 1. The third-order valence-corrected chi connectivity index (χ3v) is 3.03. The second-order valence-electron chi connectivity index (χ2n) is 4.02. The lowest BCUT2D eigenvalue weighted by atomic mass is 10.1. The summed E-state index contributed by atoms with van der Waals surface area (Å²) in [5, 5.41) is 9.85. The zero-order valence-corrected chi connectivity index (χ0v) is 9.42. The van der Waals surface area contributed by atoms with Crippen LogP contribution in [0.2, 0.25) is 0 Å². The molecule has 1 N–H and O–H groups in total. The van der Waals surface area contributed by atoms with Crippen molar-refractivity contribution in [1.29, 1.82) is 0 Å². The van der Waals surface area contributed by atoms with Crippen molar-refractivity contribution in [3.63, 3.8) is 0 Å². The van der Waals surface area contributed by atoms with Crippen LogP contribution in [0.5, 0.6) is 0 Å². The van der Waals surface area contributed by atoms with Crippen molar-refractivity contribution in [2.75, 3.05) is 0 Å². The van der Waals surface area contributed by atoms with Crippen LogP contribution in [0.25, 0.3) is 10.9 Å². The van der Waals surface area contributed by atoms with E-state index in [-0.39, 0.29) is 5.56 Å². The summed E-state index contributed by atoms with van der Waals surface area (Å²) in [5.41, 5.74) is 1.05. The smallest absolute Gasteiger partial charge is 0.379 e. The van der Waals surface area contributed by atoms with Gasteiger partial charge in [0.15, 0.2) is 6.10 Å². The van der Waals surface area contributed by atoms with Gasteiger partial charge in [-0.15, -0.1) is 0 Å². The molecule has 2 aromatic rings. The fraction of sp³-hybridized carbons (Fsp3) is 0.333. The molecule has 0 saturated heterocycles. The number of benzene rings is 1. The van der Waals surface area contributed by atoms with Gasteiger partial charge in [0.1, 0.15) is 0 Å². The summed E-state index contributed by atoms with van der Waals surface area (Å²) in [7, 11) is 1.68. The molecule has 0 fully saturated rings. The Hall–Kier alpha value is -1.49. The van der Waals surface area contributed by atoms with E-state index in [1.807, 2.05) is 0 Å². The molecule has 0 aliphatic heterocycles. The zero-order chi connectivity index (χ0) is 12.8. The average Bonchev–Trinajstić information content (AvgIpc) is 2.51. The normalized spacial score (nSPS) is 14.2. The number of hydrogen-bond acceptors (Lipinski definition) is 1. The molecule has 0 amide bonds. The Morgan fingerprint density at radius 1 is 1.24 bits per heavy atom. The largest absolute Gasteiger partial charge is 0.418 e. The Morgan fingerprint density at radius 3 is 2.41 bits per heavy atom. The molecule has 17 heavy (non-hydrogen) atoms. The summed E-state index contributed by atoms with van der Waals surface area (Å²) < 4.78 is 39.4. The number of hydrogen-bond donors (Lipinski definition) is 1. The van der Waals surface area contributed by atoms with Crippen molar-refractivity contribution in [3.05, 3.63) is 35.5 Å². The third kappa shape index (κ3) is 1.80. The fourth-order valence-electron chi connectivity index (χ4n) is 2.06. The van der Waals surface area contributed by atoms with E-state index in [2.05, 4.69) is 0 Å². The molecule has 0 aliphatic carbocycles. The Balaban J connectivity index is 2.73. The lowest BCUT2D eigenvalue weighted by molar-refractivity contribution is -0.206. The summed E-state index contributed by atoms with van der Waals surface area (Å²) in [4.78, 5) is 0. The highest BCUT2D eigenvalue weighted by molar-refractivity contribution is 5.85. The van der Waals surface area contributed by atoms with Crippen molar-refractivity contribution in [2.24, 2.45) is 7.05 Å². The van der Waals surface area contributed by atoms with Gasteiger partial charge in [0.05, 0.1) is 0 Å². The van der Waals surface area contributed by atoms with Gasteiger partial charge in [-0.2, -0.15) is 13.2 Å². The van der Waals surface area contributed by atoms with E-state index >= 15 is 0 Å². The van der Waals surface area contributed by atoms with Gasteiger partial charge < -0.3 is 9.67 Å². The Kier molecular flexibility index (Phi) is 2.66. The molecule has 0 spiro atoms. The second-order valence-corrected chi connectivity index (χ2v) is 4.02. The van der Waals surface area contributed by atoms with Crippen LogP contribution >= 0.6 is 0 Å². The number of fused-ring (bicyclic) bond motifs is 1. The molecule has 1 heterocycles. The molecule has 1 aromatic heterocycles. The Bertz CT molecular complexity index is 557. The SMILES string of the molecule is Cc1c([C@H](O)C(F)(F)F)c2ccccc2n1C. The standard InChI is InChI=1S/C12H12F3NO/c1-7-10(11(17)12(13,14)15)8-5-3-4-6-9(8)16(7)2/h3-6,11,17H,1-2H3/t11-/m0/s1. The van der Waals surface area contributed by atoms with E-state index in [1.165, 1.54) is 0 Å². The van der Waals surface area contributed by atoms with Gasteiger partial charge in [-0.1, -0.05) is 18.2 Å². The maximum Gasteiger partial charge on any atom is 0.418 e. The van der Waals surface area contributed by atoms with Gasteiger partial charge in [0.2, 0.25) is 0 Å². The van der Waals surface area contributed by atoms with Crippen LogP contribution in [-0.2, 0) is 7.05 Å². The molecule has 5 heteroatoms. The van der Waals surface area contributed by atoms with Crippen LogP contribution in [0.15, 0.2) is 24.3 Å². The number of aliphatic hydroxyl groups excluding tert-OH is 1. The van der Waals surface area contributed by atoms with Gasteiger partial charge in [0.25, 0.3) is 0 Å². The van der Waals surface area contributed by atoms with Crippen LogP contribution in [0.4, 0.5) is 13.2 Å². The molecule has 2 nitrogen and oxygen atoms in total. The number of nitrogens with zero attached hydrogens (tertiary/aromatic N) is 1. The first-order valence-corrected chi connectivity index (χ1v) is 5.12. The maximum absolute atomic E-state index is 12.6. The van der Waals surface area contributed by atoms with E-state index in [0.29, 0.717) is 16.6 Å². The van der Waals surface area contributed by atoms with Gasteiger partial charge in [-0.25, -0.2) is 0 Å². The van der Waals surface area contributed by atoms with E-state index in [0.717, 1.165) is 0 Å². The maximum atomic E-state index is 12.6. The molecule has 0 bridgehead atoms. The minimum atomic E-state index is -4.64. The van der Waals surface area contributed by atoms with Crippen LogP contribution < -0.4 is 0 Å². The quantitative estimate of drug-likeness (QED) is 0.818. The van der Waals surface area contributed by atoms with Crippen molar-refractivity contribution in [1.82, 2.24) is 4.57 Å². The van der Waals surface area contributed by atoms with Crippen LogP contribution in [-0.4, -0.2) is 15.8 Å². The van der Waals surface area contributed by atoms with Crippen LogP contribution in [0.1, 0.15) is 17.4 Å². The molecular formula is C12H12F3NO. The first-order chi connectivity index (χ1) is 7.84. The summed E-state index contributed by atoms with van der Waals surface area (Å²) in [6.45, 7) is 1.57.